The molecule has 0 saturated carbocycles. The van der Waals surface area contributed by atoms with Gasteiger partial charge in [0.2, 0.25) is 11.7 Å². The molecule has 84 valence electrons. The summed E-state index contributed by atoms with van der Waals surface area (Å²) in [4.78, 5) is 4.26. The van der Waals surface area contributed by atoms with Gasteiger partial charge >= 0.3 is 0 Å². The van der Waals surface area contributed by atoms with Crippen LogP contribution in [0.2, 0.25) is 0 Å². The zero-order valence-corrected chi connectivity index (χ0v) is 10.4. The molecule has 2 rings (SSSR count). The minimum absolute atomic E-state index is 0.184. The van der Waals surface area contributed by atoms with Gasteiger partial charge in [-0.25, -0.2) is 0 Å². The first-order valence-corrected chi connectivity index (χ1v) is 5.85. The van der Waals surface area contributed by atoms with Crippen molar-refractivity contribution < 1.29 is 4.52 Å². The van der Waals surface area contributed by atoms with E-state index in [1.807, 2.05) is 31.2 Å². The van der Waals surface area contributed by atoms with E-state index < -0.39 is 0 Å². The molecule has 0 saturated heterocycles. The predicted molar refractivity (Wildman–Crippen MR) is 64.7 cm³/mol. The molecule has 16 heavy (non-hydrogen) atoms. The topological polar surface area (TPSA) is 64.9 Å². The SMILES string of the molecule is CC[C@@H](N)c1nc(-c2ccc(Br)cc2)no1. The number of hydrogen-bond acceptors (Lipinski definition) is 4. The van der Waals surface area contributed by atoms with Crippen LogP contribution in [0.4, 0.5) is 0 Å². The van der Waals surface area contributed by atoms with Crippen molar-refractivity contribution in [1.82, 2.24) is 10.1 Å². The average Bonchev–Trinajstić information content (AvgIpc) is 2.78. The average molecular weight is 282 g/mol. The molecule has 0 unspecified atom stereocenters. The monoisotopic (exact) mass is 281 g/mol. The van der Waals surface area contributed by atoms with Crippen LogP contribution in [0.15, 0.2) is 33.3 Å². The van der Waals surface area contributed by atoms with Gasteiger partial charge in [-0.05, 0) is 30.7 Å². The molecule has 0 aliphatic rings. The number of nitrogens with two attached hydrogens (primary N) is 1. The second-order valence-corrected chi connectivity index (χ2v) is 4.39. The summed E-state index contributed by atoms with van der Waals surface area (Å²) in [5.41, 5.74) is 6.72. The zero-order valence-electron chi connectivity index (χ0n) is 8.85. The molecular weight excluding hydrogens is 270 g/mol. The van der Waals surface area contributed by atoms with Gasteiger partial charge in [-0.15, -0.1) is 0 Å². The molecule has 0 aliphatic heterocycles. The quantitative estimate of drug-likeness (QED) is 0.940. The second-order valence-electron chi connectivity index (χ2n) is 3.48. The Balaban J connectivity index is 2.28. The molecule has 2 aromatic rings. The van der Waals surface area contributed by atoms with Crippen molar-refractivity contribution in [3.8, 4) is 11.4 Å². The molecule has 0 radical (unpaired) electrons. The molecule has 1 atom stereocenters. The first kappa shape index (κ1) is 11.3. The van der Waals surface area contributed by atoms with Crippen LogP contribution < -0.4 is 5.73 Å². The Morgan fingerprint density at radius 2 is 2.06 bits per heavy atom. The molecule has 0 amide bonds. The molecular formula is C11H12BrN3O. The largest absolute Gasteiger partial charge is 0.337 e. The summed E-state index contributed by atoms with van der Waals surface area (Å²) in [5.74, 6) is 1.06. The normalized spacial score (nSPS) is 12.7. The van der Waals surface area contributed by atoms with Crippen LogP contribution >= 0.6 is 15.9 Å². The molecule has 0 fully saturated rings. The zero-order chi connectivity index (χ0) is 11.5. The maximum atomic E-state index is 5.81. The van der Waals surface area contributed by atoms with E-state index in [4.69, 9.17) is 10.3 Å². The third-order valence-electron chi connectivity index (χ3n) is 2.30. The Labute approximate surface area is 102 Å². The summed E-state index contributed by atoms with van der Waals surface area (Å²) in [6, 6.07) is 7.54. The van der Waals surface area contributed by atoms with Crippen molar-refractivity contribution in [3.63, 3.8) is 0 Å². The maximum absolute atomic E-state index is 5.81. The number of halogens is 1. The van der Waals surface area contributed by atoms with E-state index in [1.165, 1.54) is 0 Å². The first-order valence-electron chi connectivity index (χ1n) is 5.06. The van der Waals surface area contributed by atoms with Crippen molar-refractivity contribution in [2.75, 3.05) is 0 Å². The van der Waals surface area contributed by atoms with Crippen LogP contribution in [0.5, 0.6) is 0 Å². The summed E-state index contributed by atoms with van der Waals surface area (Å²) >= 11 is 3.37. The van der Waals surface area contributed by atoms with Crippen molar-refractivity contribution >= 4 is 15.9 Å². The van der Waals surface area contributed by atoms with Crippen LogP contribution in [0.3, 0.4) is 0 Å². The lowest BCUT2D eigenvalue weighted by Crippen LogP contribution is -2.08. The van der Waals surface area contributed by atoms with Crippen LogP contribution in [-0.2, 0) is 0 Å². The van der Waals surface area contributed by atoms with E-state index >= 15 is 0 Å². The highest BCUT2D eigenvalue weighted by Crippen LogP contribution is 2.20. The molecule has 4 nitrogen and oxygen atoms in total. The lowest BCUT2D eigenvalue weighted by molar-refractivity contribution is 0.352. The molecule has 1 aromatic heterocycles. The number of benzene rings is 1. The number of nitrogens with zero attached hydrogens (tertiary/aromatic N) is 2. The van der Waals surface area contributed by atoms with Gasteiger partial charge in [0.1, 0.15) is 0 Å². The van der Waals surface area contributed by atoms with Gasteiger partial charge in [0, 0.05) is 10.0 Å². The third-order valence-corrected chi connectivity index (χ3v) is 2.83. The van der Waals surface area contributed by atoms with Gasteiger partial charge in [0.05, 0.1) is 6.04 Å². The second kappa shape index (κ2) is 4.76. The van der Waals surface area contributed by atoms with E-state index in [0.29, 0.717) is 11.7 Å². The highest BCUT2D eigenvalue weighted by atomic mass is 79.9. The Hall–Kier alpha value is -1.20. The molecule has 0 bridgehead atoms. The van der Waals surface area contributed by atoms with Crippen molar-refractivity contribution in [2.45, 2.75) is 19.4 Å². The maximum Gasteiger partial charge on any atom is 0.243 e. The lowest BCUT2D eigenvalue weighted by atomic mass is 10.2. The molecule has 5 heteroatoms. The lowest BCUT2D eigenvalue weighted by Gasteiger charge is -1.99. The Kier molecular flexibility index (Phi) is 3.36. The summed E-state index contributed by atoms with van der Waals surface area (Å²) in [6.45, 7) is 1.98. The summed E-state index contributed by atoms with van der Waals surface area (Å²) in [6.07, 6.45) is 0.780. The molecule has 0 aliphatic carbocycles. The van der Waals surface area contributed by atoms with Crippen molar-refractivity contribution in [3.05, 3.63) is 34.6 Å². The standard InChI is InChI=1S/C11H12BrN3O/c1-2-9(13)11-14-10(15-16-11)7-3-5-8(12)6-4-7/h3-6,9H,2,13H2,1H3/t9-/m1/s1. The highest BCUT2D eigenvalue weighted by molar-refractivity contribution is 9.10. The number of aromatic nitrogens is 2. The number of rotatable bonds is 3. The fourth-order valence-corrected chi connectivity index (χ4v) is 1.54. The molecule has 0 spiro atoms. The summed E-state index contributed by atoms with van der Waals surface area (Å²) in [5, 5.41) is 3.90. The molecule has 1 heterocycles. The van der Waals surface area contributed by atoms with Crippen molar-refractivity contribution in [2.24, 2.45) is 5.73 Å². The summed E-state index contributed by atoms with van der Waals surface area (Å²) < 4.78 is 6.12. The minimum atomic E-state index is -0.184. The fourth-order valence-electron chi connectivity index (χ4n) is 1.28. The van der Waals surface area contributed by atoms with Gasteiger partial charge in [-0.3, -0.25) is 0 Å². The van der Waals surface area contributed by atoms with E-state index in [1.54, 1.807) is 0 Å². The van der Waals surface area contributed by atoms with Gasteiger partial charge in [-0.2, -0.15) is 4.98 Å². The van der Waals surface area contributed by atoms with Crippen LogP contribution in [0, 0.1) is 0 Å². The Morgan fingerprint density at radius 3 is 2.69 bits per heavy atom. The van der Waals surface area contributed by atoms with Crippen LogP contribution in [0.25, 0.3) is 11.4 Å². The van der Waals surface area contributed by atoms with E-state index in [9.17, 15) is 0 Å². The molecule has 2 N–H and O–H groups in total. The third kappa shape index (κ3) is 2.31. The fraction of sp³-hybridized carbons (Fsp3) is 0.273. The van der Waals surface area contributed by atoms with E-state index in [0.717, 1.165) is 16.5 Å². The molecule has 1 aromatic carbocycles. The van der Waals surface area contributed by atoms with Gasteiger partial charge < -0.3 is 10.3 Å². The van der Waals surface area contributed by atoms with Gasteiger partial charge in [-0.1, -0.05) is 28.0 Å². The smallest absolute Gasteiger partial charge is 0.243 e. The van der Waals surface area contributed by atoms with Crippen molar-refractivity contribution in [1.29, 1.82) is 0 Å². The van der Waals surface area contributed by atoms with Gasteiger partial charge in [0.15, 0.2) is 0 Å². The Bertz CT molecular complexity index is 466. The predicted octanol–water partition coefficient (Wildman–Crippen LogP) is 2.91. The van der Waals surface area contributed by atoms with Crippen LogP contribution in [0.1, 0.15) is 25.3 Å². The van der Waals surface area contributed by atoms with Crippen LogP contribution in [-0.4, -0.2) is 10.1 Å². The van der Waals surface area contributed by atoms with E-state index in [-0.39, 0.29) is 6.04 Å². The minimum Gasteiger partial charge on any atom is -0.337 e. The first-order chi connectivity index (χ1) is 7.70. The van der Waals surface area contributed by atoms with E-state index in [2.05, 4.69) is 26.1 Å². The Morgan fingerprint density at radius 1 is 1.38 bits per heavy atom. The summed E-state index contributed by atoms with van der Waals surface area (Å²) in [7, 11) is 0. The highest BCUT2D eigenvalue weighted by Gasteiger charge is 2.13. The van der Waals surface area contributed by atoms with Gasteiger partial charge in [0.25, 0.3) is 0 Å². The number of hydrogen-bond donors (Lipinski definition) is 1.